The maximum Gasteiger partial charge on any atom is 0.326 e. The molecule has 1 heterocycles. The number of esters is 1. The number of amides is 3. The molecule has 1 saturated heterocycles. The first-order valence-corrected chi connectivity index (χ1v) is 12.4. The van der Waals surface area contributed by atoms with E-state index in [1.54, 1.807) is 6.07 Å². The predicted molar refractivity (Wildman–Crippen MR) is 136 cm³/mol. The highest BCUT2D eigenvalue weighted by molar-refractivity contribution is 6.09. The van der Waals surface area contributed by atoms with Crippen LogP contribution in [0.1, 0.15) is 45.2 Å². The quantitative estimate of drug-likeness (QED) is 0.432. The Hall–Kier alpha value is -4.26. The zero-order valence-corrected chi connectivity index (χ0v) is 20.6. The van der Waals surface area contributed by atoms with Crippen LogP contribution in [0.5, 0.6) is 0 Å². The fourth-order valence-electron chi connectivity index (χ4n) is 6.29. The molecule has 3 aliphatic carbocycles. The summed E-state index contributed by atoms with van der Waals surface area (Å²) in [6.07, 6.45) is 0. The molecule has 1 fully saturated rings. The highest BCUT2D eigenvalue weighted by Crippen LogP contribution is 2.60. The van der Waals surface area contributed by atoms with Crippen molar-refractivity contribution in [3.63, 3.8) is 0 Å². The van der Waals surface area contributed by atoms with Gasteiger partial charge >= 0.3 is 5.97 Å². The minimum absolute atomic E-state index is 0.233. The van der Waals surface area contributed by atoms with Crippen molar-refractivity contribution in [2.75, 3.05) is 18.5 Å². The van der Waals surface area contributed by atoms with E-state index in [1.165, 1.54) is 0 Å². The molecule has 3 aromatic rings. The molecule has 1 N–H and O–H groups in total. The van der Waals surface area contributed by atoms with Gasteiger partial charge in [-0.15, -0.1) is 0 Å². The first-order chi connectivity index (χ1) is 17.9. The number of nitrogens with one attached hydrogen (secondary N) is 1. The second kappa shape index (κ2) is 8.69. The number of hydrogen-bond donors (Lipinski definition) is 1. The molecule has 0 radical (unpaired) electrons. The first kappa shape index (κ1) is 23.2. The fourth-order valence-corrected chi connectivity index (χ4v) is 6.29. The van der Waals surface area contributed by atoms with E-state index >= 15 is 0 Å². The van der Waals surface area contributed by atoms with Gasteiger partial charge in [0, 0.05) is 17.5 Å². The molecule has 3 aromatic carbocycles. The van der Waals surface area contributed by atoms with Crippen LogP contribution in [0.3, 0.4) is 0 Å². The van der Waals surface area contributed by atoms with Gasteiger partial charge in [-0.25, -0.2) is 0 Å². The summed E-state index contributed by atoms with van der Waals surface area (Å²) in [6, 6.07) is 21.5. The molecule has 37 heavy (non-hydrogen) atoms. The van der Waals surface area contributed by atoms with Crippen molar-refractivity contribution >= 4 is 29.4 Å². The van der Waals surface area contributed by atoms with Gasteiger partial charge in [-0.05, 0) is 53.3 Å². The maximum absolute atomic E-state index is 13.6. The molecule has 0 spiro atoms. The predicted octanol–water partition coefficient (Wildman–Crippen LogP) is 3.68. The highest BCUT2D eigenvalue weighted by atomic mass is 16.5. The van der Waals surface area contributed by atoms with Crippen molar-refractivity contribution in [3.8, 4) is 0 Å². The number of ether oxygens (including phenoxy) is 1. The summed E-state index contributed by atoms with van der Waals surface area (Å²) in [4.78, 5) is 53.2. The Labute approximate surface area is 214 Å². The molecule has 7 rings (SSSR count). The number of carbonyl (C=O) groups is 4. The molecular weight excluding hydrogens is 468 g/mol. The minimum atomic E-state index is -0.793. The summed E-state index contributed by atoms with van der Waals surface area (Å²) in [5.41, 5.74) is 6.88. The van der Waals surface area contributed by atoms with Crippen LogP contribution in [0.2, 0.25) is 0 Å². The van der Waals surface area contributed by atoms with Crippen LogP contribution in [0, 0.1) is 25.7 Å². The summed E-state index contributed by atoms with van der Waals surface area (Å²) in [6.45, 7) is 2.82. The second-order valence-electron chi connectivity index (χ2n) is 9.98. The number of nitrogens with zero attached hydrogens (tertiary/aromatic N) is 1. The Balaban J connectivity index is 1.18. The summed E-state index contributed by atoms with van der Waals surface area (Å²) in [5, 5.41) is 2.73. The molecule has 0 saturated carbocycles. The van der Waals surface area contributed by atoms with E-state index in [2.05, 4.69) is 5.32 Å². The molecule has 1 aliphatic heterocycles. The number of rotatable bonds is 5. The summed E-state index contributed by atoms with van der Waals surface area (Å²) < 4.78 is 5.15. The highest BCUT2D eigenvalue weighted by Gasteiger charge is 2.61. The maximum atomic E-state index is 13.6. The molecular formula is C30H26N2O5. The molecule has 3 amide bonds. The van der Waals surface area contributed by atoms with Gasteiger partial charge in [-0.1, -0.05) is 60.7 Å². The van der Waals surface area contributed by atoms with Crippen LogP contribution in [0.25, 0.3) is 0 Å². The van der Waals surface area contributed by atoms with Crippen molar-refractivity contribution in [2.45, 2.75) is 25.7 Å². The Bertz CT molecular complexity index is 1360. The summed E-state index contributed by atoms with van der Waals surface area (Å²) in [7, 11) is 0. The first-order valence-electron chi connectivity index (χ1n) is 12.4. The Morgan fingerprint density at radius 1 is 0.784 bits per heavy atom. The molecule has 0 aromatic heterocycles. The standard InChI is InChI=1S/C30H26N2O5/c1-16-8-7-13-22(17(16)2)31-23(33)15-37-24(34)14-32-29(35)27-25-18-9-3-4-10-19(18)26(28(27)30(32)36)21-12-6-5-11-20(21)25/h3-13,25-28H,14-15H2,1-2H3,(H,31,33)/t25?,26?,27-,28-/m1/s1. The summed E-state index contributed by atoms with van der Waals surface area (Å²) >= 11 is 0. The second-order valence-corrected chi connectivity index (χ2v) is 9.98. The average Bonchev–Trinajstić information content (AvgIpc) is 3.15. The van der Waals surface area contributed by atoms with Crippen molar-refractivity contribution in [2.24, 2.45) is 11.8 Å². The Kier molecular flexibility index (Phi) is 5.44. The van der Waals surface area contributed by atoms with E-state index in [-0.39, 0.29) is 23.7 Å². The van der Waals surface area contributed by atoms with Gasteiger partial charge in [0.2, 0.25) is 11.8 Å². The molecule has 7 nitrogen and oxygen atoms in total. The molecule has 7 heteroatoms. The molecule has 2 atom stereocenters. The minimum Gasteiger partial charge on any atom is -0.454 e. The number of likely N-dealkylation sites (tertiary alicyclic amines) is 1. The average molecular weight is 495 g/mol. The van der Waals surface area contributed by atoms with E-state index < -0.39 is 36.9 Å². The van der Waals surface area contributed by atoms with Crippen LogP contribution < -0.4 is 5.32 Å². The van der Waals surface area contributed by atoms with Crippen LogP contribution in [0.4, 0.5) is 5.69 Å². The molecule has 4 aliphatic rings. The van der Waals surface area contributed by atoms with E-state index in [0.29, 0.717) is 5.69 Å². The monoisotopic (exact) mass is 494 g/mol. The van der Waals surface area contributed by atoms with Gasteiger partial charge in [0.25, 0.3) is 5.91 Å². The largest absolute Gasteiger partial charge is 0.454 e. The van der Waals surface area contributed by atoms with Crippen LogP contribution in [-0.2, 0) is 23.9 Å². The molecule has 2 bridgehead atoms. The number of hydrogen-bond acceptors (Lipinski definition) is 5. The van der Waals surface area contributed by atoms with Crippen molar-refractivity contribution in [1.29, 1.82) is 0 Å². The van der Waals surface area contributed by atoms with Gasteiger partial charge < -0.3 is 10.1 Å². The third-order valence-corrected chi connectivity index (χ3v) is 8.07. The van der Waals surface area contributed by atoms with Gasteiger partial charge in [0.15, 0.2) is 6.61 Å². The lowest BCUT2D eigenvalue weighted by Crippen LogP contribution is -2.41. The van der Waals surface area contributed by atoms with Crippen LogP contribution in [-0.4, -0.2) is 41.7 Å². The van der Waals surface area contributed by atoms with E-state index in [4.69, 9.17) is 4.74 Å². The Morgan fingerprint density at radius 3 is 1.81 bits per heavy atom. The third kappa shape index (κ3) is 3.56. The van der Waals surface area contributed by atoms with E-state index in [0.717, 1.165) is 38.3 Å². The number of imide groups is 1. The lowest BCUT2D eigenvalue weighted by Gasteiger charge is -2.45. The van der Waals surface area contributed by atoms with Gasteiger partial charge in [0.05, 0.1) is 11.8 Å². The number of anilines is 1. The van der Waals surface area contributed by atoms with E-state index in [9.17, 15) is 19.2 Å². The van der Waals surface area contributed by atoms with Crippen molar-refractivity contribution in [3.05, 3.63) is 100 Å². The van der Waals surface area contributed by atoms with Crippen molar-refractivity contribution < 1.29 is 23.9 Å². The summed E-state index contributed by atoms with van der Waals surface area (Å²) in [5.74, 6) is -3.56. The Morgan fingerprint density at radius 2 is 1.30 bits per heavy atom. The zero-order valence-electron chi connectivity index (χ0n) is 20.6. The van der Waals surface area contributed by atoms with Crippen LogP contribution in [0.15, 0.2) is 66.7 Å². The smallest absolute Gasteiger partial charge is 0.326 e. The van der Waals surface area contributed by atoms with Gasteiger partial charge in [-0.2, -0.15) is 0 Å². The number of carbonyl (C=O) groups excluding carboxylic acids is 4. The lowest BCUT2D eigenvalue weighted by atomic mass is 9.55. The normalized spacial score (nSPS) is 22.8. The topological polar surface area (TPSA) is 92.8 Å². The SMILES string of the molecule is Cc1cccc(NC(=O)COC(=O)CN2C(=O)[C@@H]3C4c5ccccc5C(c5ccccc54)[C@H]3C2=O)c1C. The van der Waals surface area contributed by atoms with Crippen LogP contribution >= 0.6 is 0 Å². The van der Waals surface area contributed by atoms with E-state index in [1.807, 2.05) is 74.5 Å². The number of aryl methyl sites for hydroxylation is 1. The van der Waals surface area contributed by atoms with Gasteiger partial charge in [-0.3, -0.25) is 24.1 Å². The fraction of sp³-hybridized carbons (Fsp3) is 0.267. The zero-order chi connectivity index (χ0) is 25.8. The lowest BCUT2D eigenvalue weighted by molar-refractivity contribution is -0.154. The number of benzene rings is 3. The van der Waals surface area contributed by atoms with Crippen molar-refractivity contribution in [1.82, 2.24) is 4.90 Å². The van der Waals surface area contributed by atoms with Gasteiger partial charge in [0.1, 0.15) is 6.54 Å². The third-order valence-electron chi connectivity index (χ3n) is 8.07. The molecule has 186 valence electrons. The molecule has 0 unspecified atom stereocenters.